The van der Waals surface area contributed by atoms with E-state index in [1.54, 1.807) is 7.11 Å². The molecule has 3 nitrogen and oxygen atoms in total. The predicted molar refractivity (Wildman–Crippen MR) is 95.0 cm³/mol. The van der Waals surface area contributed by atoms with Gasteiger partial charge >= 0.3 is 0 Å². The zero-order chi connectivity index (χ0) is 17.1. The standard InChI is InChI=1S/C19H29ClO3/c1-4-5-6-7-8-9-18(15(2)19(20)21)23-14-16-10-12-17(22-3)13-11-16/h10-13,15,18H,4-9,14H2,1-3H3/t15-,18+/m0/s1. The van der Waals surface area contributed by atoms with Crippen molar-refractivity contribution >= 4 is 16.8 Å². The normalized spacial score (nSPS) is 13.6. The molecule has 0 aliphatic heterocycles. The lowest BCUT2D eigenvalue weighted by Crippen LogP contribution is -2.26. The molecule has 0 fully saturated rings. The average Bonchev–Trinajstić information content (AvgIpc) is 2.57. The van der Waals surface area contributed by atoms with Crippen molar-refractivity contribution in [3.63, 3.8) is 0 Å². The Morgan fingerprint density at radius 1 is 1.13 bits per heavy atom. The Morgan fingerprint density at radius 2 is 1.78 bits per heavy atom. The summed E-state index contributed by atoms with van der Waals surface area (Å²) in [5.74, 6) is 0.548. The first-order valence-electron chi connectivity index (χ1n) is 8.52. The van der Waals surface area contributed by atoms with Crippen LogP contribution in [0.1, 0.15) is 57.9 Å². The van der Waals surface area contributed by atoms with Gasteiger partial charge in [-0.2, -0.15) is 0 Å². The van der Waals surface area contributed by atoms with E-state index < -0.39 is 0 Å². The summed E-state index contributed by atoms with van der Waals surface area (Å²) in [5, 5.41) is -0.321. The van der Waals surface area contributed by atoms with Crippen molar-refractivity contribution in [1.29, 1.82) is 0 Å². The second-order valence-corrected chi connectivity index (χ2v) is 6.37. The maximum Gasteiger partial charge on any atom is 0.227 e. The Hall–Kier alpha value is -1.06. The van der Waals surface area contributed by atoms with Gasteiger partial charge < -0.3 is 9.47 Å². The second-order valence-electron chi connectivity index (χ2n) is 5.99. The first-order valence-corrected chi connectivity index (χ1v) is 8.90. The van der Waals surface area contributed by atoms with E-state index in [2.05, 4.69) is 6.92 Å². The van der Waals surface area contributed by atoms with Crippen molar-refractivity contribution < 1.29 is 14.3 Å². The van der Waals surface area contributed by atoms with Crippen molar-refractivity contribution in [2.75, 3.05) is 7.11 Å². The number of hydrogen-bond donors (Lipinski definition) is 0. The molecule has 0 amide bonds. The Balaban J connectivity index is 2.49. The molecule has 0 aliphatic rings. The topological polar surface area (TPSA) is 35.5 Å². The van der Waals surface area contributed by atoms with Crippen LogP contribution < -0.4 is 4.74 Å². The minimum Gasteiger partial charge on any atom is -0.497 e. The van der Waals surface area contributed by atoms with E-state index in [-0.39, 0.29) is 17.3 Å². The Morgan fingerprint density at radius 3 is 2.35 bits per heavy atom. The Kier molecular flexibility index (Phi) is 9.97. The monoisotopic (exact) mass is 340 g/mol. The van der Waals surface area contributed by atoms with Gasteiger partial charge in [0, 0.05) is 0 Å². The van der Waals surface area contributed by atoms with Crippen molar-refractivity contribution in [2.24, 2.45) is 5.92 Å². The van der Waals surface area contributed by atoms with Crippen LogP contribution in [0, 0.1) is 5.92 Å². The molecule has 0 bridgehead atoms. The third kappa shape index (κ3) is 7.85. The molecule has 0 radical (unpaired) electrons. The van der Waals surface area contributed by atoms with Gasteiger partial charge in [0.15, 0.2) is 0 Å². The fraction of sp³-hybridized carbons (Fsp3) is 0.632. The molecule has 0 aromatic heterocycles. The first kappa shape index (κ1) is 20.0. The van der Waals surface area contributed by atoms with Crippen LogP contribution in [0.5, 0.6) is 5.75 Å². The number of benzene rings is 1. The lowest BCUT2D eigenvalue weighted by atomic mass is 9.99. The zero-order valence-corrected chi connectivity index (χ0v) is 15.3. The van der Waals surface area contributed by atoms with Crippen LogP contribution in [0.15, 0.2) is 24.3 Å². The van der Waals surface area contributed by atoms with Gasteiger partial charge in [0.25, 0.3) is 0 Å². The molecule has 0 saturated heterocycles. The minimum absolute atomic E-state index is 0.122. The Bertz CT molecular complexity index is 444. The number of unbranched alkanes of at least 4 members (excludes halogenated alkanes) is 4. The lowest BCUT2D eigenvalue weighted by Gasteiger charge is -2.22. The van der Waals surface area contributed by atoms with Gasteiger partial charge in [-0.25, -0.2) is 0 Å². The summed E-state index contributed by atoms with van der Waals surface area (Å²) in [6.07, 6.45) is 6.74. The molecule has 0 spiro atoms. The lowest BCUT2D eigenvalue weighted by molar-refractivity contribution is -0.120. The summed E-state index contributed by atoms with van der Waals surface area (Å²) >= 11 is 5.67. The van der Waals surface area contributed by atoms with Crippen LogP contribution in [0.3, 0.4) is 0 Å². The van der Waals surface area contributed by atoms with Gasteiger partial charge in [-0.3, -0.25) is 4.79 Å². The number of carbonyl (C=O) groups is 1. The number of halogens is 1. The molecule has 0 N–H and O–H groups in total. The number of carbonyl (C=O) groups excluding carboxylic acids is 1. The van der Waals surface area contributed by atoms with Gasteiger partial charge in [-0.15, -0.1) is 0 Å². The molecule has 1 aromatic rings. The van der Waals surface area contributed by atoms with Gasteiger partial charge in [-0.05, 0) is 35.7 Å². The van der Waals surface area contributed by atoms with Crippen LogP contribution in [-0.2, 0) is 16.1 Å². The molecule has 130 valence electrons. The molecule has 0 aliphatic carbocycles. The van der Waals surface area contributed by atoms with E-state index in [1.807, 2.05) is 31.2 Å². The average molecular weight is 341 g/mol. The summed E-state index contributed by atoms with van der Waals surface area (Å²) in [4.78, 5) is 11.5. The Labute approximate surface area is 145 Å². The molecule has 0 heterocycles. The van der Waals surface area contributed by atoms with Crippen LogP contribution in [0.2, 0.25) is 0 Å². The molecule has 0 saturated carbocycles. The van der Waals surface area contributed by atoms with Gasteiger partial charge in [0.2, 0.25) is 5.24 Å². The molecule has 2 atom stereocenters. The molecule has 23 heavy (non-hydrogen) atoms. The number of ether oxygens (including phenoxy) is 2. The number of rotatable bonds is 12. The SMILES string of the molecule is CCCCCCC[C@@H](OCc1ccc(OC)cc1)[C@H](C)C(=O)Cl. The molecular weight excluding hydrogens is 312 g/mol. The van der Waals surface area contributed by atoms with E-state index in [9.17, 15) is 4.79 Å². The number of methoxy groups -OCH3 is 1. The predicted octanol–water partition coefficient (Wildman–Crippen LogP) is 5.34. The summed E-state index contributed by atoms with van der Waals surface area (Å²) in [6, 6.07) is 7.78. The highest BCUT2D eigenvalue weighted by atomic mass is 35.5. The van der Waals surface area contributed by atoms with E-state index in [0.29, 0.717) is 6.61 Å². The smallest absolute Gasteiger partial charge is 0.227 e. The van der Waals surface area contributed by atoms with E-state index in [1.165, 1.54) is 25.7 Å². The van der Waals surface area contributed by atoms with E-state index in [0.717, 1.165) is 24.2 Å². The third-order valence-corrected chi connectivity index (χ3v) is 4.48. The molecule has 1 rings (SSSR count). The van der Waals surface area contributed by atoms with Crippen LogP contribution >= 0.6 is 11.6 Å². The maximum absolute atomic E-state index is 11.5. The van der Waals surface area contributed by atoms with E-state index >= 15 is 0 Å². The van der Waals surface area contributed by atoms with Crippen LogP contribution in [-0.4, -0.2) is 18.5 Å². The largest absolute Gasteiger partial charge is 0.497 e. The fourth-order valence-electron chi connectivity index (χ4n) is 2.50. The zero-order valence-electron chi connectivity index (χ0n) is 14.5. The highest BCUT2D eigenvalue weighted by molar-refractivity contribution is 6.64. The van der Waals surface area contributed by atoms with Crippen molar-refractivity contribution in [1.82, 2.24) is 0 Å². The second kappa shape index (κ2) is 11.5. The summed E-state index contributed by atoms with van der Waals surface area (Å²) < 4.78 is 11.1. The quantitative estimate of drug-likeness (QED) is 0.380. The van der Waals surface area contributed by atoms with Crippen molar-refractivity contribution in [3.05, 3.63) is 29.8 Å². The van der Waals surface area contributed by atoms with Gasteiger partial charge in [-0.1, -0.05) is 58.1 Å². The first-order chi connectivity index (χ1) is 11.1. The van der Waals surface area contributed by atoms with Crippen molar-refractivity contribution in [3.8, 4) is 5.75 Å². The number of hydrogen-bond acceptors (Lipinski definition) is 3. The highest BCUT2D eigenvalue weighted by Crippen LogP contribution is 2.21. The molecule has 1 aromatic carbocycles. The summed E-state index contributed by atoms with van der Waals surface area (Å²) in [7, 11) is 1.65. The molecule has 0 unspecified atom stereocenters. The molecule has 4 heteroatoms. The van der Waals surface area contributed by atoms with Crippen LogP contribution in [0.4, 0.5) is 0 Å². The fourth-order valence-corrected chi connectivity index (χ4v) is 2.64. The minimum atomic E-state index is -0.321. The van der Waals surface area contributed by atoms with E-state index in [4.69, 9.17) is 21.1 Å². The summed E-state index contributed by atoms with van der Waals surface area (Å²) in [6.45, 7) is 4.53. The van der Waals surface area contributed by atoms with Crippen LogP contribution in [0.25, 0.3) is 0 Å². The van der Waals surface area contributed by atoms with Crippen molar-refractivity contribution in [2.45, 2.75) is 65.1 Å². The maximum atomic E-state index is 11.5. The summed E-state index contributed by atoms with van der Waals surface area (Å²) in [5.41, 5.74) is 1.07. The third-order valence-electron chi connectivity index (χ3n) is 4.13. The highest BCUT2D eigenvalue weighted by Gasteiger charge is 2.23. The van der Waals surface area contributed by atoms with Gasteiger partial charge in [0.1, 0.15) is 5.75 Å². The van der Waals surface area contributed by atoms with Gasteiger partial charge in [0.05, 0.1) is 25.7 Å². The molecular formula is C19H29ClO3.